The zero-order valence-corrected chi connectivity index (χ0v) is 21.2. The summed E-state index contributed by atoms with van der Waals surface area (Å²) in [5.74, 6) is 0.288. The number of aliphatic hydroxyl groups is 1. The van der Waals surface area contributed by atoms with E-state index in [0.717, 1.165) is 10.8 Å². The van der Waals surface area contributed by atoms with Gasteiger partial charge in [0.2, 0.25) is 0 Å². The molecule has 36 heavy (non-hydrogen) atoms. The highest BCUT2D eigenvalue weighted by atomic mass is 16.5. The first-order valence-corrected chi connectivity index (χ1v) is 12.2. The molecule has 0 bridgehead atoms. The third-order valence-corrected chi connectivity index (χ3v) is 6.51. The number of nitrogens with one attached hydrogen (secondary N) is 2. The average Bonchev–Trinajstić information content (AvgIpc) is 2.86. The van der Waals surface area contributed by atoms with E-state index in [1.807, 2.05) is 63.5 Å². The number of fused-ring (bicyclic) bond motifs is 2. The lowest BCUT2D eigenvalue weighted by atomic mass is 9.99. The second-order valence-electron chi connectivity index (χ2n) is 9.70. The molecule has 0 radical (unpaired) electrons. The zero-order valence-electron chi connectivity index (χ0n) is 21.2. The first kappa shape index (κ1) is 25.5. The van der Waals surface area contributed by atoms with Gasteiger partial charge < -0.3 is 30.3 Å². The van der Waals surface area contributed by atoms with Crippen LogP contribution in [0, 0.1) is 5.92 Å². The Morgan fingerprint density at radius 2 is 1.89 bits per heavy atom. The van der Waals surface area contributed by atoms with Crippen LogP contribution in [0.4, 0.5) is 16.2 Å². The van der Waals surface area contributed by atoms with E-state index in [0.29, 0.717) is 35.8 Å². The molecule has 8 nitrogen and oxygen atoms in total. The molecule has 0 aromatic heterocycles. The van der Waals surface area contributed by atoms with E-state index in [4.69, 9.17) is 4.74 Å². The molecule has 1 aliphatic heterocycles. The van der Waals surface area contributed by atoms with Gasteiger partial charge in [0.1, 0.15) is 11.9 Å². The van der Waals surface area contributed by atoms with Crippen LogP contribution >= 0.6 is 0 Å². The number of amides is 3. The van der Waals surface area contributed by atoms with E-state index in [1.165, 1.54) is 0 Å². The fraction of sp³-hybridized carbons (Fsp3) is 0.357. The SMILES string of the molecule is C[C@H](CO)N1C[C@H](C)[C@@H](CN(C)C)Oc2ccc(NC(=O)Nc3cccc4ccccc34)cc2C1=O. The van der Waals surface area contributed by atoms with E-state index < -0.39 is 6.03 Å². The smallest absolute Gasteiger partial charge is 0.323 e. The van der Waals surface area contributed by atoms with E-state index in [9.17, 15) is 14.7 Å². The molecule has 0 fully saturated rings. The van der Waals surface area contributed by atoms with Crippen LogP contribution in [-0.2, 0) is 0 Å². The first-order valence-electron chi connectivity index (χ1n) is 12.2. The fourth-order valence-electron chi connectivity index (χ4n) is 4.50. The summed E-state index contributed by atoms with van der Waals surface area (Å²) in [4.78, 5) is 30.1. The van der Waals surface area contributed by atoms with E-state index >= 15 is 0 Å². The molecule has 4 rings (SSSR count). The predicted molar refractivity (Wildman–Crippen MR) is 143 cm³/mol. The van der Waals surface area contributed by atoms with Gasteiger partial charge in [-0.1, -0.05) is 43.3 Å². The highest BCUT2D eigenvalue weighted by Crippen LogP contribution is 2.31. The van der Waals surface area contributed by atoms with Gasteiger partial charge >= 0.3 is 6.03 Å². The lowest BCUT2D eigenvalue weighted by Crippen LogP contribution is -2.49. The summed E-state index contributed by atoms with van der Waals surface area (Å²) in [5, 5.41) is 17.5. The minimum atomic E-state index is -0.412. The van der Waals surface area contributed by atoms with Crippen LogP contribution in [0.15, 0.2) is 60.7 Å². The Labute approximate surface area is 211 Å². The second kappa shape index (κ2) is 11.0. The van der Waals surface area contributed by atoms with E-state index in [1.54, 1.807) is 23.1 Å². The number of ether oxygens (including phenoxy) is 1. The molecule has 0 unspecified atom stereocenters. The fourth-order valence-corrected chi connectivity index (χ4v) is 4.50. The minimum Gasteiger partial charge on any atom is -0.488 e. The first-order chi connectivity index (χ1) is 17.3. The number of hydrogen-bond donors (Lipinski definition) is 3. The van der Waals surface area contributed by atoms with Crippen molar-refractivity contribution >= 4 is 34.1 Å². The number of carbonyl (C=O) groups is 2. The highest BCUT2D eigenvalue weighted by molar-refractivity contribution is 6.07. The van der Waals surface area contributed by atoms with Crippen molar-refractivity contribution in [2.24, 2.45) is 5.92 Å². The Morgan fingerprint density at radius 1 is 1.14 bits per heavy atom. The van der Waals surface area contributed by atoms with Gasteiger partial charge in [-0.15, -0.1) is 0 Å². The molecule has 3 atom stereocenters. The number of anilines is 2. The van der Waals surface area contributed by atoms with Crippen LogP contribution < -0.4 is 15.4 Å². The monoisotopic (exact) mass is 490 g/mol. The number of likely N-dealkylation sites (N-methyl/N-ethyl adjacent to an activating group) is 1. The van der Waals surface area contributed by atoms with Gasteiger partial charge in [0.15, 0.2) is 0 Å². The van der Waals surface area contributed by atoms with Crippen LogP contribution in [-0.4, -0.2) is 72.8 Å². The van der Waals surface area contributed by atoms with Crippen molar-refractivity contribution in [1.29, 1.82) is 0 Å². The largest absolute Gasteiger partial charge is 0.488 e. The van der Waals surface area contributed by atoms with Crippen LogP contribution in [0.2, 0.25) is 0 Å². The Balaban J connectivity index is 1.61. The lowest BCUT2D eigenvalue weighted by Gasteiger charge is -2.37. The Hall–Kier alpha value is -3.62. The number of benzene rings is 3. The maximum Gasteiger partial charge on any atom is 0.323 e. The second-order valence-corrected chi connectivity index (χ2v) is 9.70. The zero-order chi connectivity index (χ0) is 25.8. The summed E-state index contributed by atoms with van der Waals surface area (Å²) in [6, 6.07) is 17.9. The number of rotatable bonds is 6. The molecule has 3 N–H and O–H groups in total. The summed E-state index contributed by atoms with van der Waals surface area (Å²) in [6.45, 7) is 4.88. The summed E-state index contributed by atoms with van der Waals surface area (Å²) < 4.78 is 6.32. The molecule has 1 heterocycles. The van der Waals surface area contributed by atoms with Gasteiger partial charge in [0.05, 0.1) is 23.9 Å². The van der Waals surface area contributed by atoms with Crippen LogP contribution in [0.3, 0.4) is 0 Å². The molecule has 0 saturated carbocycles. The molecule has 3 aromatic rings. The minimum absolute atomic E-state index is 0.0581. The quantitative estimate of drug-likeness (QED) is 0.480. The summed E-state index contributed by atoms with van der Waals surface area (Å²) >= 11 is 0. The normalized spacial score (nSPS) is 18.7. The van der Waals surface area contributed by atoms with Crippen molar-refractivity contribution in [3.8, 4) is 5.75 Å². The molecule has 1 aliphatic rings. The molecule has 3 amide bonds. The van der Waals surface area contributed by atoms with E-state index in [2.05, 4.69) is 22.5 Å². The van der Waals surface area contributed by atoms with Gasteiger partial charge in [-0.25, -0.2) is 4.79 Å². The van der Waals surface area contributed by atoms with Crippen LogP contribution in [0.25, 0.3) is 10.8 Å². The molecule has 3 aromatic carbocycles. The molecule has 0 saturated heterocycles. The standard InChI is InChI=1S/C28H34N4O4/c1-18-15-32(19(2)17-33)27(34)23-14-21(12-13-25(23)36-26(18)16-31(3)4)29-28(35)30-24-11-7-9-20-8-5-6-10-22(20)24/h5-14,18-19,26,33H,15-17H2,1-4H3,(H2,29,30,35)/t18-,19+,26+/m0/s1. The topological polar surface area (TPSA) is 94.1 Å². The molecule has 190 valence electrons. The number of aliphatic hydroxyl groups excluding tert-OH is 1. The third-order valence-electron chi connectivity index (χ3n) is 6.51. The van der Waals surface area contributed by atoms with Gasteiger partial charge in [0.25, 0.3) is 5.91 Å². The number of carbonyl (C=O) groups excluding carboxylic acids is 2. The van der Waals surface area contributed by atoms with Gasteiger partial charge in [-0.05, 0) is 50.7 Å². The molecular formula is C28H34N4O4. The highest BCUT2D eigenvalue weighted by Gasteiger charge is 2.33. The molecular weight excluding hydrogens is 456 g/mol. The van der Waals surface area contributed by atoms with Crippen LogP contribution in [0.1, 0.15) is 24.2 Å². The van der Waals surface area contributed by atoms with Gasteiger partial charge in [-0.3, -0.25) is 4.79 Å². The predicted octanol–water partition coefficient (Wildman–Crippen LogP) is 4.27. The number of urea groups is 1. The molecule has 0 spiro atoms. The maximum atomic E-state index is 13.5. The Morgan fingerprint density at radius 3 is 2.64 bits per heavy atom. The van der Waals surface area contributed by atoms with Crippen molar-refractivity contribution in [3.05, 3.63) is 66.2 Å². The summed E-state index contributed by atoms with van der Waals surface area (Å²) in [5.41, 5.74) is 1.52. The van der Waals surface area contributed by atoms with Crippen molar-refractivity contribution in [2.45, 2.75) is 26.0 Å². The van der Waals surface area contributed by atoms with Crippen molar-refractivity contribution in [2.75, 3.05) is 44.4 Å². The Bertz CT molecular complexity index is 1240. The number of hydrogen-bond acceptors (Lipinski definition) is 5. The van der Waals surface area contributed by atoms with Crippen molar-refractivity contribution < 1.29 is 19.4 Å². The van der Waals surface area contributed by atoms with Crippen molar-refractivity contribution in [1.82, 2.24) is 9.80 Å². The number of nitrogens with zero attached hydrogens (tertiary/aromatic N) is 2. The maximum absolute atomic E-state index is 13.5. The van der Waals surface area contributed by atoms with E-state index in [-0.39, 0.29) is 30.6 Å². The van der Waals surface area contributed by atoms with Crippen LogP contribution in [0.5, 0.6) is 5.75 Å². The summed E-state index contributed by atoms with van der Waals surface area (Å²) in [7, 11) is 3.97. The van der Waals surface area contributed by atoms with Gasteiger partial charge in [0, 0.05) is 30.1 Å². The Kier molecular flexibility index (Phi) is 7.76. The molecule has 0 aliphatic carbocycles. The van der Waals surface area contributed by atoms with Crippen molar-refractivity contribution in [3.63, 3.8) is 0 Å². The lowest BCUT2D eigenvalue weighted by molar-refractivity contribution is 0.0363. The average molecular weight is 491 g/mol. The summed E-state index contributed by atoms with van der Waals surface area (Å²) in [6.07, 6.45) is -0.145. The van der Waals surface area contributed by atoms with Gasteiger partial charge in [-0.2, -0.15) is 0 Å². The third kappa shape index (κ3) is 5.61. The molecule has 8 heteroatoms.